The highest BCUT2D eigenvalue weighted by Crippen LogP contribution is 2.38. The zero-order chi connectivity index (χ0) is 43.6. The molecule has 1 saturated carbocycles. The maximum atomic E-state index is 12.6. The molecule has 0 bridgehead atoms. The molecule has 1 rings (SSSR count). The van der Waals surface area contributed by atoms with E-state index in [4.69, 9.17) is 19.3 Å². The molecule has 1 aliphatic carbocycles. The Morgan fingerprint density at radius 1 is 0.644 bits per heavy atom. The highest BCUT2D eigenvalue weighted by molar-refractivity contribution is 7.46. The zero-order valence-electron chi connectivity index (χ0n) is 37.7. The summed E-state index contributed by atoms with van der Waals surface area (Å²) in [4.78, 5) is 43.3. The number of unbranched alkanes of at least 4 members (excludes halogenated alkanes) is 22. The molecule has 0 amide bonds. The third-order valence-corrected chi connectivity index (χ3v) is 12.3. The van der Waals surface area contributed by atoms with E-state index in [0.29, 0.717) is 25.7 Å². The fraction of sp³-hybridized carbons (Fsp3) is 0.915. The molecule has 0 aromatic carbocycles. The zero-order valence-corrected chi connectivity index (χ0v) is 38.6. The Kier molecular flexibility index (Phi) is 34.2. The molecular weight excluding hydrogens is 771 g/mol. The van der Waals surface area contributed by atoms with E-state index in [9.17, 15) is 29.5 Å². The van der Waals surface area contributed by atoms with Crippen molar-refractivity contribution in [1.82, 2.24) is 0 Å². The number of phosphoric ester groups is 1. The fourth-order valence-corrected chi connectivity index (χ4v) is 8.55. The lowest BCUT2D eigenvalue weighted by Crippen LogP contribution is -2.29. The number of hydrogen-bond acceptors (Lipinski definition) is 9. The van der Waals surface area contributed by atoms with Gasteiger partial charge in [-0.05, 0) is 37.5 Å². The lowest BCUT2D eigenvalue weighted by molar-refractivity contribution is -0.161. The van der Waals surface area contributed by atoms with Crippen LogP contribution in [0.15, 0.2) is 12.2 Å². The monoisotopic (exact) mass is 861 g/mol. The van der Waals surface area contributed by atoms with Gasteiger partial charge < -0.3 is 34.6 Å². The molecule has 0 saturated heterocycles. The van der Waals surface area contributed by atoms with E-state index >= 15 is 0 Å². The summed E-state index contributed by atoms with van der Waals surface area (Å²) in [5.74, 6) is -0.469. The minimum absolute atomic E-state index is 0.0887. The summed E-state index contributed by atoms with van der Waals surface area (Å²) in [6, 6.07) is 0. The van der Waals surface area contributed by atoms with E-state index in [1.807, 2.05) is 6.08 Å². The average molecular weight is 861 g/mol. The van der Waals surface area contributed by atoms with Crippen LogP contribution in [0.25, 0.3) is 0 Å². The van der Waals surface area contributed by atoms with Crippen LogP contribution in [0.3, 0.4) is 0 Å². The largest absolute Gasteiger partial charge is 0.469 e. The molecular formula is C47H89O11P. The minimum Gasteiger partial charge on any atom is -0.462 e. The maximum Gasteiger partial charge on any atom is 0.469 e. The van der Waals surface area contributed by atoms with Crippen LogP contribution in [0.5, 0.6) is 0 Å². The highest BCUT2D eigenvalue weighted by Gasteiger charge is 2.39. The molecule has 59 heavy (non-hydrogen) atoms. The van der Waals surface area contributed by atoms with Crippen LogP contribution in [0.2, 0.25) is 0 Å². The van der Waals surface area contributed by atoms with Gasteiger partial charge in [0.2, 0.25) is 0 Å². The third kappa shape index (κ3) is 33.0. The minimum atomic E-state index is -4.82. The summed E-state index contributed by atoms with van der Waals surface area (Å²) in [5, 5.41) is 31.3. The van der Waals surface area contributed by atoms with Gasteiger partial charge in [0.15, 0.2) is 6.10 Å². The molecule has 1 aliphatic rings. The Labute approximate surface area is 359 Å². The number of carbonyl (C=O) groups is 2. The van der Waals surface area contributed by atoms with Crippen LogP contribution in [-0.2, 0) is 28.2 Å². The van der Waals surface area contributed by atoms with Gasteiger partial charge in [-0.1, -0.05) is 187 Å². The van der Waals surface area contributed by atoms with Crippen LogP contribution < -0.4 is 0 Å². The first kappa shape index (κ1) is 55.7. The number of aliphatic hydroxyl groups excluding tert-OH is 3. The van der Waals surface area contributed by atoms with E-state index < -0.39 is 50.8 Å². The summed E-state index contributed by atoms with van der Waals surface area (Å²) in [6.07, 6.45) is 32.9. The number of carbonyl (C=O) groups excluding carboxylic acids is 2. The Morgan fingerprint density at radius 3 is 1.63 bits per heavy atom. The number of ether oxygens (including phenoxy) is 2. The second-order valence-electron chi connectivity index (χ2n) is 17.9. The summed E-state index contributed by atoms with van der Waals surface area (Å²) < 4.78 is 26.5. The van der Waals surface area contributed by atoms with Crippen LogP contribution >= 0.6 is 7.82 Å². The lowest BCUT2D eigenvalue weighted by Gasteiger charge is -2.21. The quantitative estimate of drug-likeness (QED) is 0.0171. The number of rotatable bonds is 40. The van der Waals surface area contributed by atoms with Crippen molar-refractivity contribution in [2.45, 2.75) is 244 Å². The molecule has 6 atom stereocenters. The Morgan fingerprint density at radius 2 is 1.12 bits per heavy atom. The van der Waals surface area contributed by atoms with Gasteiger partial charge in [-0.25, -0.2) is 4.57 Å². The maximum absolute atomic E-state index is 12.6. The first-order valence-electron chi connectivity index (χ1n) is 24.1. The fourth-order valence-electron chi connectivity index (χ4n) is 8.19. The van der Waals surface area contributed by atoms with Gasteiger partial charge in [0.1, 0.15) is 6.61 Å². The number of aliphatic hydroxyl groups is 3. The normalized spacial score (nSPS) is 19.5. The van der Waals surface area contributed by atoms with Gasteiger partial charge in [0, 0.05) is 25.2 Å². The molecule has 0 unspecified atom stereocenters. The van der Waals surface area contributed by atoms with Crippen LogP contribution in [-0.4, -0.2) is 74.7 Å². The Balaban J connectivity index is 2.16. The highest BCUT2D eigenvalue weighted by atomic mass is 31.2. The molecule has 0 spiro atoms. The topological polar surface area (TPSA) is 180 Å². The van der Waals surface area contributed by atoms with Crippen molar-refractivity contribution in [3.8, 4) is 0 Å². The molecule has 0 aromatic heterocycles. The molecule has 348 valence electrons. The number of hydrogen-bond donors (Lipinski definition) is 5. The van der Waals surface area contributed by atoms with Gasteiger partial charge in [-0.3, -0.25) is 14.1 Å². The molecule has 0 aliphatic heterocycles. The van der Waals surface area contributed by atoms with Gasteiger partial charge in [0.05, 0.1) is 24.9 Å². The summed E-state index contributed by atoms with van der Waals surface area (Å²) in [5.41, 5.74) is 0. The summed E-state index contributed by atoms with van der Waals surface area (Å²) in [7, 11) is -4.82. The van der Waals surface area contributed by atoms with Gasteiger partial charge in [0.25, 0.3) is 0 Å². The van der Waals surface area contributed by atoms with Crippen molar-refractivity contribution in [2.75, 3.05) is 13.2 Å². The predicted molar refractivity (Wildman–Crippen MR) is 237 cm³/mol. The van der Waals surface area contributed by atoms with E-state index in [-0.39, 0.29) is 31.3 Å². The predicted octanol–water partition coefficient (Wildman–Crippen LogP) is 11.2. The second kappa shape index (κ2) is 36.2. The van der Waals surface area contributed by atoms with E-state index in [1.54, 1.807) is 6.08 Å². The average Bonchev–Trinajstić information content (AvgIpc) is 3.45. The van der Waals surface area contributed by atoms with Crippen molar-refractivity contribution in [3.63, 3.8) is 0 Å². The summed E-state index contributed by atoms with van der Waals surface area (Å²) in [6.45, 7) is 5.80. The lowest BCUT2D eigenvalue weighted by atomic mass is 9.88. The van der Waals surface area contributed by atoms with Crippen molar-refractivity contribution in [3.05, 3.63) is 12.2 Å². The van der Waals surface area contributed by atoms with Crippen LogP contribution in [0, 0.1) is 17.8 Å². The standard InChI is InChI=1S/C47H89O11P/c1-4-5-24-30-40(48)34-35-43-42(44(49)36-45(43)50)31-26-22-23-28-33-47(52)58-41(38-57-59(53,54)55)37-56-46(51)32-27-21-19-17-15-13-11-9-7-6-8-10-12-14-16-18-20-25-29-39(2)3/h34-35,39-45,48-50H,4-33,36-38H2,1-3H3,(H2,53,54,55)/b35-34+/t40-,41+,42+,43+,44-,45+/m0/s1. The van der Waals surface area contributed by atoms with E-state index in [0.717, 1.165) is 70.1 Å². The third-order valence-electron chi connectivity index (χ3n) is 11.8. The molecule has 11 nitrogen and oxygen atoms in total. The van der Waals surface area contributed by atoms with E-state index in [1.165, 1.54) is 96.3 Å². The molecule has 0 heterocycles. The Bertz CT molecular complexity index is 1100. The number of esters is 2. The molecule has 0 aromatic rings. The van der Waals surface area contributed by atoms with Crippen LogP contribution in [0.1, 0.15) is 220 Å². The molecule has 5 N–H and O–H groups in total. The Hall–Kier alpha value is -1.33. The van der Waals surface area contributed by atoms with Crippen molar-refractivity contribution >= 4 is 19.8 Å². The van der Waals surface area contributed by atoms with Crippen LogP contribution in [0.4, 0.5) is 0 Å². The van der Waals surface area contributed by atoms with Crippen molar-refractivity contribution in [1.29, 1.82) is 0 Å². The number of phosphoric acid groups is 1. The van der Waals surface area contributed by atoms with Crippen molar-refractivity contribution in [2.24, 2.45) is 17.8 Å². The first-order chi connectivity index (χ1) is 28.3. The second-order valence-corrected chi connectivity index (χ2v) is 19.1. The molecule has 12 heteroatoms. The summed E-state index contributed by atoms with van der Waals surface area (Å²) >= 11 is 0. The smallest absolute Gasteiger partial charge is 0.462 e. The van der Waals surface area contributed by atoms with E-state index in [2.05, 4.69) is 25.3 Å². The molecule has 1 fully saturated rings. The van der Waals surface area contributed by atoms with Gasteiger partial charge >= 0.3 is 19.8 Å². The van der Waals surface area contributed by atoms with Gasteiger partial charge in [-0.15, -0.1) is 0 Å². The first-order valence-corrected chi connectivity index (χ1v) is 25.6. The van der Waals surface area contributed by atoms with Crippen molar-refractivity contribution < 1.29 is 53.3 Å². The molecule has 0 radical (unpaired) electrons. The SMILES string of the molecule is CCCCC[C@H](O)/C=C/[C@@H]1[C@@H](CCCCCCC(=O)O[C@H](COC(=O)CCCCCCCCCCCCCCCCCCCCC(C)C)COP(=O)(O)O)[C@@H](O)C[C@H]1O. The van der Waals surface area contributed by atoms with Gasteiger partial charge in [-0.2, -0.15) is 0 Å².